The van der Waals surface area contributed by atoms with Crippen LogP contribution in [0.3, 0.4) is 0 Å². The minimum atomic E-state index is 0. The van der Waals surface area contributed by atoms with Crippen LogP contribution < -0.4 is 5.32 Å². The molecule has 0 fully saturated rings. The summed E-state index contributed by atoms with van der Waals surface area (Å²) in [5.74, 6) is 0. The van der Waals surface area contributed by atoms with Crippen LogP contribution in [0.1, 0.15) is 77.2 Å². The summed E-state index contributed by atoms with van der Waals surface area (Å²) >= 11 is 0. The lowest BCUT2D eigenvalue weighted by Crippen LogP contribution is -2.33. The van der Waals surface area contributed by atoms with Crippen LogP contribution in [0.25, 0.3) is 0 Å². The number of rotatable bonds is 9. The van der Waals surface area contributed by atoms with Crippen LogP contribution in [-0.2, 0) is 0 Å². The van der Waals surface area contributed by atoms with Crippen LogP contribution >= 0.6 is 0 Å². The molecule has 18 heavy (non-hydrogen) atoms. The van der Waals surface area contributed by atoms with Crippen molar-refractivity contribution in [1.29, 1.82) is 0 Å². The molecule has 0 aliphatic rings. The number of hydrogen-bond acceptors (Lipinski definition) is 2. The largest absolute Gasteiger partial charge is 0.315 e. The summed E-state index contributed by atoms with van der Waals surface area (Å²) in [4.78, 5) is 2.54. The van der Waals surface area contributed by atoms with Gasteiger partial charge in [-0.3, -0.25) is 0 Å². The SMILES string of the molecule is C.C.C.C.C.CCCNCCN(CCC)CCC. The molecule has 0 aromatic carbocycles. The van der Waals surface area contributed by atoms with Gasteiger partial charge >= 0.3 is 0 Å². The summed E-state index contributed by atoms with van der Waals surface area (Å²) < 4.78 is 0. The summed E-state index contributed by atoms with van der Waals surface area (Å²) in [7, 11) is 0. The van der Waals surface area contributed by atoms with E-state index in [0.29, 0.717) is 0 Å². The first-order valence-corrected chi connectivity index (χ1v) is 5.78. The van der Waals surface area contributed by atoms with Crippen LogP contribution in [0, 0.1) is 0 Å². The molecule has 0 aromatic rings. The van der Waals surface area contributed by atoms with Crippen molar-refractivity contribution < 1.29 is 0 Å². The molecule has 120 valence electrons. The molecule has 0 spiro atoms. The van der Waals surface area contributed by atoms with E-state index in [0.717, 1.165) is 13.1 Å². The van der Waals surface area contributed by atoms with Gasteiger partial charge < -0.3 is 10.2 Å². The van der Waals surface area contributed by atoms with Crippen molar-refractivity contribution in [3.05, 3.63) is 0 Å². The Balaban J connectivity index is -0.0000000720. The third-order valence-corrected chi connectivity index (χ3v) is 2.11. The number of nitrogens with zero attached hydrogens (tertiary/aromatic N) is 1. The molecule has 2 heteroatoms. The standard InChI is InChI=1S/C11H26N2.5CH4/c1-4-7-12-8-11-13(9-5-2)10-6-3;;;;;/h12H,4-11H2,1-3H3;5*1H4. The van der Waals surface area contributed by atoms with E-state index in [1.807, 2.05) is 0 Å². The third kappa shape index (κ3) is 24.9. The Labute approximate surface area is 121 Å². The molecule has 0 rings (SSSR count). The van der Waals surface area contributed by atoms with E-state index in [1.54, 1.807) is 0 Å². The molecular weight excluding hydrogens is 220 g/mol. The van der Waals surface area contributed by atoms with E-state index in [4.69, 9.17) is 0 Å². The Hall–Kier alpha value is -0.0800. The van der Waals surface area contributed by atoms with Gasteiger partial charge in [-0.1, -0.05) is 57.9 Å². The average Bonchev–Trinajstić information content (AvgIpc) is 2.13. The van der Waals surface area contributed by atoms with Crippen molar-refractivity contribution in [3.63, 3.8) is 0 Å². The van der Waals surface area contributed by atoms with Gasteiger partial charge in [-0.15, -0.1) is 0 Å². The zero-order valence-corrected chi connectivity index (χ0v) is 9.60. The second kappa shape index (κ2) is 30.2. The molecule has 0 heterocycles. The van der Waals surface area contributed by atoms with Crippen LogP contribution in [0.15, 0.2) is 0 Å². The van der Waals surface area contributed by atoms with E-state index in [9.17, 15) is 0 Å². The molecular formula is C16H46N2. The molecule has 0 saturated carbocycles. The number of nitrogens with one attached hydrogen (secondary N) is 1. The van der Waals surface area contributed by atoms with Gasteiger partial charge in [-0.2, -0.15) is 0 Å². The average molecular weight is 267 g/mol. The highest BCUT2D eigenvalue weighted by Gasteiger charge is 2.00. The molecule has 1 N–H and O–H groups in total. The van der Waals surface area contributed by atoms with Crippen molar-refractivity contribution in [3.8, 4) is 0 Å². The first kappa shape index (κ1) is 36.1. The smallest absolute Gasteiger partial charge is 0.0107 e. The minimum absolute atomic E-state index is 0. The Kier molecular flexibility index (Phi) is 60.5. The lowest BCUT2D eigenvalue weighted by molar-refractivity contribution is 0.274. The molecule has 0 aliphatic carbocycles. The summed E-state index contributed by atoms with van der Waals surface area (Å²) in [6, 6.07) is 0. The molecule has 0 atom stereocenters. The minimum Gasteiger partial charge on any atom is -0.315 e. The van der Waals surface area contributed by atoms with Crippen LogP contribution in [-0.4, -0.2) is 37.6 Å². The molecule has 0 unspecified atom stereocenters. The monoisotopic (exact) mass is 266 g/mol. The van der Waals surface area contributed by atoms with Crippen molar-refractivity contribution in [1.82, 2.24) is 10.2 Å². The maximum absolute atomic E-state index is 3.44. The van der Waals surface area contributed by atoms with Gasteiger partial charge in [0.05, 0.1) is 0 Å². The number of hydrogen-bond donors (Lipinski definition) is 1. The third-order valence-electron chi connectivity index (χ3n) is 2.11. The van der Waals surface area contributed by atoms with Gasteiger partial charge in [0.25, 0.3) is 0 Å². The maximum Gasteiger partial charge on any atom is 0.0107 e. The van der Waals surface area contributed by atoms with Gasteiger partial charge in [0.1, 0.15) is 0 Å². The lowest BCUT2D eigenvalue weighted by Gasteiger charge is -2.20. The highest BCUT2D eigenvalue weighted by molar-refractivity contribution is 4.58. The topological polar surface area (TPSA) is 15.3 Å². The molecule has 0 radical (unpaired) electrons. The highest BCUT2D eigenvalue weighted by atomic mass is 15.1. The molecule has 0 amide bonds. The summed E-state index contributed by atoms with van der Waals surface area (Å²) in [5.41, 5.74) is 0. The zero-order valence-electron chi connectivity index (χ0n) is 9.60. The van der Waals surface area contributed by atoms with Crippen LogP contribution in [0.4, 0.5) is 0 Å². The maximum atomic E-state index is 3.44. The molecule has 0 saturated heterocycles. The van der Waals surface area contributed by atoms with Gasteiger partial charge in [0.15, 0.2) is 0 Å². The van der Waals surface area contributed by atoms with Crippen molar-refractivity contribution >= 4 is 0 Å². The van der Waals surface area contributed by atoms with Crippen LogP contribution in [0.2, 0.25) is 0 Å². The second-order valence-corrected chi connectivity index (χ2v) is 3.59. The van der Waals surface area contributed by atoms with Gasteiger partial charge in [0, 0.05) is 13.1 Å². The normalized spacial score (nSPS) is 8.00. The Morgan fingerprint density at radius 2 is 1.06 bits per heavy atom. The van der Waals surface area contributed by atoms with E-state index < -0.39 is 0 Å². The first-order chi connectivity index (χ1) is 6.35. The summed E-state index contributed by atoms with van der Waals surface area (Å²) in [6.07, 6.45) is 3.78. The molecule has 0 bridgehead atoms. The lowest BCUT2D eigenvalue weighted by atomic mass is 10.3. The fourth-order valence-corrected chi connectivity index (χ4v) is 1.51. The zero-order chi connectivity index (χ0) is 9.94. The van der Waals surface area contributed by atoms with E-state index in [2.05, 4.69) is 31.0 Å². The fourth-order valence-electron chi connectivity index (χ4n) is 1.51. The Morgan fingerprint density at radius 1 is 0.611 bits per heavy atom. The van der Waals surface area contributed by atoms with Gasteiger partial charge in [-0.25, -0.2) is 0 Å². The summed E-state index contributed by atoms with van der Waals surface area (Å²) in [6.45, 7) is 12.7. The summed E-state index contributed by atoms with van der Waals surface area (Å²) in [5, 5.41) is 3.44. The first-order valence-electron chi connectivity index (χ1n) is 5.78. The second-order valence-electron chi connectivity index (χ2n) is 3.59. The molecule has 0 aromatic heterocycles. The van der Waals surface area contributed by atoms with E-state index in [-0.39, 0.29) is 37.1 Å². The molecule has 2 nitrogen and oxygen atoms in total. The highest BCUT2D eigenvalue weighted by Crippen LogP contribution is 1.92. The predicted molar refractivity (Wildman–Crippen MR) is 93.8 cm³/mol. The quantitative estimate of drug-likeness (QED) is 0.571. The van der Waals surface area contributed by atoms with Crippen molar-refractivity contribution in [2.45, 2.75) is 77.2 Å². The Morgan fingerprint density at radius 3 is 1.39 bits per heavy atom. The van der Waals surface area contributed by atoms with Crippen molar-refractivity contribution in [2.75, 3.05) is 32.7 Å². The molecule has 0 aliphatic heterocycles. The van der Waals surface area contributed by atoms with E-state index in [1.165, 1.54) is 38.9 Å². The van der Waals surface area contributed by atoms with Crippen molar-refractivity contribution in [2.24, 2.45) is 0 Å². The predicted octanol–water partition coefficient (Wildman–Crippen LogP) is 5.29. The van der Waals surface area contributed by atoms with Gasteiger partial charge in [-0.05, 0) is 38.9 Å². The fraction of sp³-hybridized carbons (Fsp3) is 1.00. The van der Waals surface area contributed by atoms with Crippen LogP contribution in [0.5, 0.6) is 0 Å². The van der Waals surface area contributed by atoms with E-state index >= 15 is 0 Å². The Bertz CT molecular complexity index is 89.1. The van der Waals surface area contributed by atoms with Gasteiger partial charge in [0.2, 0.25) is 0 Å².